The predicted octanol–water partition coefficient (Wildman–Crippen LogP) is 3.67. The predicted molar refractivity (Wildman–Crippen MR) is 99.7 cm³/mol. The Morgan fingerprint density at radius 1 is 1.04 bits per heavy atom. The molecule has 5 heteroatoms. The van der Waals surface area contributed by atoms with Crippen LogP contribution in [0.2, 0.25) is 0 Å². The van der Waals surface area contributed by atoms with E-state index >= 15 is 0 Å². The number of benzene rings is 2. The van der Waals surface area contributed by atoms with Gasteiger partial charge in [0.05, 0.1) is 0 Å². The quantitative estimate of drug-likeness (QED) is 0.680. The second-order valence-electron chi connectivity index (χ2n) is 6.20. The summed E-state index contributed by atoms with van der Waals surface area (Å²) in [7, 11) is 0. The minimum atomic E-state index is -0.105. The van der Waals surface area contributed by atoms with Gasteiger partial charge >= 0.3 is 0 Å². The summed E-state index contributed by atoms with van der Waals surface area (Å²) in [6.07, 6.45) is 0. The lowest BCUT2D eigenvalue weighted by Gasteiger charge is -2.07. The Balaban J connectivity index is 1.68. The highest BCUT2D eigenvalue weighted by molar-refractivity contribution is 5.99. The number of anilines is 1. The molecule has 5 nitrogen and oxygen atoms in total. The minimum absolute atomic E-state index is 0.105. The molecule has 1 aromatic heterocycles. The lowest BCUT2D eigenvalue weighted by atomic mass is 10.1. The van der Waals surface area contributed by atoms with Crippen LogP contribution in [0.25, 0.3) is 10.9 Å². The summed E-state index contributed by atoms with van der Waals surface area (Å²) in [5.74, 6) is -0.210. The van der Waals surface area contributed by atoms with Crippen molar-refractivity contribution >= 4 is 28.4 Å². The average Bonchev–Trinajstić information content (AvgIpc) is 2.87. The number of aromatic nitrogens is 1. The zero-order valence-electron chi connectivity index (χ0n) is 14.6. The van der Waals surface area contributed by atoms with Crippen LogP contribution < -0.4 is 10.6 Å². The van der Waals surface area contributed by atoms with Crippen LogP contribution in [0.5, 0.6) is 0 Å². The van der Waals surface area contributed by atoms with Crippen LogP contribution >= 0.6 is 0 Å². The Kier molecular flexibility index (Phi) is 4.57. The molecule has 0 saturated heterocycles. The van der Waals surface area contributed by atoms with E-state index in [-0.39, 0.29) is 11.8 Å². The molecule has 0 atom stereocenters. The lowest BCUT2D eigenvalue weighted by Crippen LogP contribution is -2.22. The van der Waals surface area contributed by atoms with Gasteiger partial charge in [0.25, 0.3) is 5.91 Å². The molecule has 0 aliphatic carbocycles. The van der Waals surface area contributed by atoms with E-state index in [9.17, 15) is 9.59 Å². The number of H-pyrrole nitrogens is 1. The maximum atomic E-state index is 12.4. The molecule has 3 aromatic rings. The number of aromatic amines is 1. The van der Waals surface area contributed by atoms with Crippen LogP contribution in [0, 0.1) is 13.8 Å². The van der Waals surface area contributed by atoms with Crippen LogP contribution in [0.1, 0.15) is 34.1 Å². The summed E-state index contributed by atoms with van der Waals surface area (Å²) in [6.45, 7) is 5.98. The smallest absolute Gasteiger partial charge is 0.251 e. The second-order valence-corrected chi connectivity index (χ2v) is 6.20. The Bertz CT molecular complexity index is 939. The van der Waals surface area contributed by atoms with E-state index in [1.165, 1.54) is 12.5 Å². The summed E-state index contributed by atoms with van der Waals surface area (Å²) in [4.78, 5) is 26.7. The molecular weight excluding hydrogens is 314 g/mol. The van der Waals surface area contributed by atoms with Crippen LogP contribution in [-0.2, 0) is 11.3 Å². The first kappa shape index (κ1) is 16.8. The number of nitrogens with one attached hydrogen (secondary N) is 3. The maximum Gasteiger partial charge on any atom is 0.251 e. The van der Waals surface area contributed by atoms with Crippen molar-refractivity contribution in [3.63, 3.8) is 0 Å². The third-order valence-electron chi connectivity index (χ3n) is 4.30. The largest absolute Gasteiger partial charge is 0.358 e. The summed E-state index contributed by atoms with van der Waals surface area (Å²) >= 11 is 0. The van der Waals surface area contributed by atoms with Crippen molar-refractivity contribution in [2.75, 3.05) is 5.32 Å². The number of rotatable bonds is 4. The fourth-order valence-electron chi connectivity index (χ4n) is 2.80. The average molecular weight is 335 g/mol. The van der Waals surface area contributed by atoms with Crippen molar-refractivity contribution in [3.05, 3.63) is 64.8 Å². The second kappa shape index (κ2) is 6.81. The molecule has 1 heterocycles. The number of fused-ring (bicyclic) bond motifs is 1. The van der Waals surface area contributed by atoms with Gasteiger partial charge in [0, 0.05) is 41.3 Å². The first-order chi connectivity index (χ1) is 11.9. The van der Waals surface area contributed by atoms with Gasteiger partial charge in [-0.3, -0.25) is 9.59 Å². The van der Waals surface area contributed by atoms with Crippen LogP contribution in [0.3, 0.4) is 0 Å². The Hall–Kier alpha value is -3.08. The molecule has 0 aliphatic heterocycles. The van der Waals surface area contributed by atoms with Gasteiger partial charge in [0.2, 0.25) is 5.91 Å². The molecule has 0 saturated carbocycles. The summed E-state index contributed by atoms with van der Waals surface area (Å²) in [5.41, 5.74) is 5.68. The molecule has 0 fully saturated rings. The van der Waals surface area contributed by atoms with Gasteiger partial charge in [-0.15, -0.1) is 0 Å². The third-order valence-corrected chi connectivity index (χ3v) is 4.30. The standard InChI is InChI=1S/C20H21N3O2/c1-12-13(2)22-19-9-6-16(10-18(12)19)20(25)21-11-15-4-7-17(8-5-15)23-14(3)24/h4-10,22H,11H2,1-3H3,(H,21,25)(H,23,24). The van der Waals surface area contributed by atoms with Crippen molar-refractivity contribution < 1.29 is 9.59 Å². The molecule has 0 unspecified atom stereocenters. The highest BCUT2D eigenvalue weighted by Crippen LogP contribution is 2.22. The molecule has 0 spiro atoms. The van der Waals surface area contributed by atoms with Gasteiger partial charge in [-0.05, 0) is 55.3 Å². The highest BCUT2D eigenvalue weighted by atomic mass is 16.2. The molecule has 2 aromatic carbocycles. The number of hydrogen-bond donors (Lipinski definition) is 3. The van der Waals surface area contributed by atoms with Gasteiger partial charge in [-0.25, -0.2) is 0 Å². The van der Waals surface area contributed by atoms with Crippen LogP contribution in [-0.4, -0.2) is 16.8 Å². The molecular formula is C20H21N3O2. The fourth-order valence-corrected chi connectivity index (χ4v) is 2.80. The highest BCUT2D eigenvalue weighted by Gasteiger charge is 2.10. The molecule has 25 heavy (non-hydrogen) atoms. The lowest BCUT2D eigenvalue weighted by molar-refractivity contribution is -0.114. The molecule has 0 aliphatic rings. The van der Waals surface area contributed by atoms with Gasteiger partial charge in [-0.1, -0.05) is 12.1 Å². The molecule has 2 amide bonds. The van der Waals surface area contributed by atoms with E-state index in [4.69, 9.17) is 0 Å². The minimum Gasteiger partial charge on any atom is -0.358 e. The number of carbonyl (C=O) groups excluding carboxylic acids is 2. The number of hydrogen-bond acceptors (Lipinski definition) is 2. The summed E-state index contributed by atoms with van der Waals surface area (Å²) in [6, 6.07) is 13.1. The fraction of sp³-hybridized carbons (Fsp3) is 0.200. The molecule has 128 valence electrons. The molecule has 0 bridgehead atoms. The SMILES string of the molecule is CC(=O)Nc1ccc(CNC(=O)c2ccc3[nH]c(C)c(C)c3c2)cc1. The van der Waals surface area contributed by atoms with E-state index in [0.717, 1.165) is 27.8 Å². The normalized spacial score (nSPS) is 10.7. The third kappa shape index (κ3) is 3.71. The van der Waals surface area contributed by atoms with Gasteiger partial charge in [0.1, 0.15) is 0 Å². The van der Waals surface area contributed by atoms with Gasteiger partial charge in [-0.2, -0.15) is 0 Å². The van der Waals surface area contributed by atoms with E-state index in [2.05, 4.69) is 15.6 Å². The topological polar surface area (TPSA) is 74.0 Å². The number of amides is 2. The molecule has 0 radical (unpaired) electrons. The van der Waals surface area contributed by atoms with E-state index in [1.807, 2.05) is 56.3 Å². The van der Waals surface area contributed by atoms with Crippen molar-refractivity contribution in [1.29, 1.82) is 0 Å². The molecule has 3 N–H and O–H groups in total. The van der Waals surface area contributed by atoms with Crippen LogP contribution in [0.15, 0.2) is 42.5 Å². The van der Waals surface area contributed by atoms with Crippen molar-refractivity contribution in [2.45, 2.75) is 27.3 Å². The van der Waals surface area contributed by atoms with Gasteiger partial charge < -0.3 is 15.6 Å². The Labute approximate surface area is 146 Å². The molecule has 3 rings (SSSR count). The maximum absolute atomic E-state index is 12.4. The van der Waals surface area contributed by atoms with E-state index in [1.54, 1.807) is 0 Å². The first-order valence-corrected chi connectivity index (χ1v) is 8.17. The zero-order valence-corrected chi connectivity index (χ0v) is 14.6. The first-order valence-electron chi connectivity index (χ1n) is 8.17. The van der Waals surface area contributed by atoms with E-state index < -0.39 is 0 Å². The zero-order chi connectivity index (χ0) is 18.0. The Morgan fingerprint density at radius 3 is 2.44 bits per heavy atom. The van der Waals surface area contributed by atoms with Crippen molar-refractivity contribution in [3.8, 4) is 0 Å². The van der Waals surface area contributed by atoms with Crippen molar-refractivity contribution in [1.82, 2.24) is 10.3 Å². The monoisotopic (exact) mass is 335 g/mol. The van der Waals surface area contributed by atoms with Crippen LogP contribution in [0.4, 0.5) is 5.69 Å². The number of carbonyl (C=O) groups is 2. The van der Waals surface area contributed by atoms with Crippen molar-refractivity contribution in [2.24, 2.45) is 0 Å². The van der Waals surface area contributed by atoms with E-state index in [0.29, 0.717) is 12.1 Å². The Morgan fingerprint density at radius 2 is 1.76 bits per heavy atom. The number of aryl methyl sites for hydroxylation is 2. The summed E-state index contributed by atoms with van der Waals surface area (Å²) in [5, 5.41) is 6.72. The summed E-state index contributed by atoms with van der Waals surface area (Å²) < 4.78 is 0. The van der Waals surface area contributed by atoms with Gasteiger partial charge in [0.15, 0.2) is 0 Å².